The lowest BCUT2D eigenvalue weighted by atomic mass is 10.1. The highest BCUT2D eigenvalue weighted by Crippen LogP contribution is 2.43. The van der Waals surface area contributed by atoms with Crippen LogP contribution in [0.25, 0.3) is 5.57 Å². The first-order valence-corrected chi connectivity index (χ1v) is 10.8. The number of rotatable bonds is 4. The Hall–Kier alpha value is -3.02. The quantitative estimate of drug-likeness (QED) is 0.421. The maximum Gasteiger partial charge on any atom is 0.335 e. The average molecular weight is 518 g/mol. The molecule has 0 spiro atoms. The Labute approximate surface area is 193 Å². The number of thiocarbonyl (C=S) groups is 1. The van der Waals surface area contributed by atoms with Crippen LogP contribution >= 0.6 is 39.9 Å². The number of nitrogens with one attached hydrogen (secondary N) is 2. The summed E-state index contributed by atoms with van der Waals surface area (Å²) in [5, 5.41) is 14.1. The van der Waals surface area contributed by atoms with Gasteiger partial charge >= 0.3 is 5.97 Å². The Kier molecular flexibility index (Phi) is 5.65. The van der Waals surface area contributed by atoms with Gasteiger partial charge in [-0.3, -0.25) is 19.3 Å². The molecule has 2 aliphatic rings. The number of amides is 3. The van der Waals surface area contributed by atoms with Crippen LogP contribution in [0.5, 0.6) is 0 Å². The smallest absolute Gasteiger partial charge is 0.335 e. The third-order valence-electron chi connectivity index (χ3n) is 4.54. The lowest BCUT2D eigenvalue weighted by Gasteiger charge is -2.17. The maximum absolute atomic E-state index is 13.2. The average Bonchev–Trinajstić information content (AvgIpc) is 3.17. The first kappa shape index (κ1) is 21.2. The van der Waals surface area contributed by atoms with Crippen LogP contribution in [0.1, 0.15) is 15.9 Å². The number of hydrogen-bond acceptors (Lipinski definition) is 6. The highest BCUT2D eigenvalue weighted by molar-refractivity contribution is 9.10. The van der Waals surface area contributed by atoms with Gasteiger partial charge in [0.05, 0.1) is 21.7 Å². The van der Waals surface area contributed by atoms with Crippen molar-refractivity contribution in [2.45, 2.75) is 0 Å². The molecule has 1 fully saturated rings. The number of carboxylic acid groups (broad SMARTS) is 1. The van der Waals surface area contributed by atoms with Crippen LogP contribution < -0.4 is 15.5 Å². The topological polar surface area (TPSA) is 116 Å². The molecule has 2 aromatic rings. The monoisotopic (exact) mass is 517 g/mol. The Bertz CT molecular complexity index is 1210. The summed E-state index contributed by atoms with van der Waals surface area (Å²) >= 11 is 9.41. The molecule has 3 amide bonds. The summed E-state index contributed by atoms with van der Waals surface area (Å²) in [5.41, 5.74) is 1.71. The Balaban J connectivity index is 1.62. The molecule has 1 saturated heterocycles. The molecule has 0 unspecified atom stereocenters. The van der Waals surface area contributed by atoms with Gasteiger partial charge in [-0.1, -0.05) is 39.9 Å². The molecule has 8 nitrogen and oxygen atoms in total. The van der Waals surface area contributed by atoms with Gasteiger partial charge in [-0.15, -0.1) is 0 Å². The lowest BCUT2D eigenvalue weighted by molar-refractivity contribution is -0.118. The van der Waals surface area contributed by atoms with Gasteiger partial charge in [-0.05, 0) is 42.5 Å². The molecule has 0 atom stereocenters. The van der Waals surface area contributed by atoms with Crippen molar-refractivity contribution >= 4 is 84.9 Å². The number of anilines is 2. The minimum atomic E-state index is -1.07. The highest BCUT2D eigenvalue weighted by atomic mass is 79.9. The van der Waals surface area contributed by atoms with Crippen molar-refractivity contribution in [1.82, 2.24) is 5.32 Å². The molecule has 0 bridgehead atoms. The second-order valence-corrected chi connectivity index (χ2v) is 9.13. The summed E-state index contributed by atoms with van der Waals surface area (Å²) in [6.45, 7) is -0.290. The fourth-order valence-electron chi connectivity index (χ4n) is 3.20. The van der Waals surface area contributed by atoms with Gasteiger partial charge in [0.1, 0.15) is 10.9 Å². The standard InChI is InChI=1S/C20H12BrN3O5S2/c21-10-3-6-13-12(7-10)15(16-17(26)23-20(30)31-16)18(27)24(13)8-14(25)22-11-4-1-9(2-5-11)19(28)29/h1-7H,8H2,(H,22,25)(H,28,29)(H,23,26,30)/b16-15+. The van der Waals surface area contributed by atoms with Crippen molar-refractivity contribution < 1.29 is 24.3 Å². The third-order valence-corrected chi connectivity index (χ3v) is 6.27. The van der Waals surface area contributed by atoms with E-state index in [0.717, 1.165) is 11.8 Å². The van der Waals surface area contributed by atoms with Crippen LogP contribution in [0.15, 0.2) is 51.8 Å². The number of carbonyl (C=O) groups is 4. The summed E-state index contributed by atoms with van der Waals surface area (Å²) in [6, 6.07) is 10.8. The second kappa shape index (κ2) is 8.25. The van der Waals surface area contributed by atoms with Crippen LogP contribution in [0.3, 0.4) is 0 Å². The van der Waals surface area contributed by atoms with Crippen molar-refractivity contribution in [2.75, 3.05) is 16.8 Å². The van der Waals surface area contributed by atoms with E-state index in [1.165, 1.54) is 29.2 Å². The molecule has 2 aromatic carbocycles. The molecule has 156 valence electrons. The predicted octanol–water partition coefficient (Wildman–Crippen LogP) is 2.99. The van der Waals surface area contributed by atoms with Crippen LogP contribution in [0, 0.1) is 0 Å². The molecule has 4 rings (SSSR count). The van der Waals surface area contributed by atoms with Gasteiger partial charge in [0, 0.05) is 15.7 Å². The van der Waals surface area contributed by atoms with Gasteiger partial charge in [0.2, 0.25) is 5.91 Å². The second-order valence-electron chi connectivity index (χ2n) is 6.53. The molecular formula is C20H12BrN3O5S2. The first-order chi connectivity index (χ1) is 14.7. The maximum atomic E-state index is 13.2. The Morgan fingerprint density at radius 3 is 2.48 bits per heavy atom. The minimum absolute atomic E-state index is 0.0914. The third kappa shape index (κ3) is 4.11. The van der Waals surface area contributed by atoms with E-state index in [2.05, 4.69) is 26.6 Å². The SMILES string of the molecule is O=C(CN1C(=O)/C(=C2/SC(=S)NC2=O)c2cc(Br)ccc21)Nc1ccc(C(=O)O)cc1. The molecule has 0 aromatic heterocycles. The molecule has 3 N–H and O–H groups in total. The van der Waals surface area contributed by atoms with Crippen LogP contribution in [0.4, 0.5) is 11.4 Å². The largest absolute Gasteiger partial charge is 0.478 e. The van der Waals surface area contributed by atoms with Crippen LogP contribution in [0.2, 0.25) is 0 Å². The van der Waals surface area contributed by atoms with E-state index in [-0.39, 0.29) is 26.9 Å². The molecule has 11 heteroatoms. The van der Waals surface area contributed by atoms with E-state index in [1.54, 1.807) is 18.2 Å². The number of benzene rings is 2. The van der Waals surface area contributed by atoms with Crippen LogP contribution in [-0.4, -0.2) is 39.7 Å². The van der Waals surface area contributed by atoms with E-state index in [9.17, 15) is 19.2 Å². The van der Waals surface area contributed by atoms with Gasteiger partial charge in [-0.2, -0.15) is 0 Å². The molecule has 31 heavy (non-hydrogen) atoms. The molecule has 0 aliphatic carbocycles. The lowest BCUT2D eigenvalue weighted by Crippen LogP contribution is -2.35. The number of thioether (sulfide) groups is 1. The van der Waals surface area contributed by atoms with Crippen molar-refractivity contribution in [3.05, 3.63) is 63.0 Å². The van der Waals surface area contributed by atoms with E-state index < -0.39 is 23.7 Å². The molecule has 2 aliphatic heterocycles. The molecule has 2 heterocycles. The van der Waals surface area contributed by atoms with Crippen molar-refractivity contribution in [3.8, 4) is 0 Å². The zero-order valence-corrected chi connectivity index (χ0v) is 18.7. The first-order valence-electron chi connectivity index (χ1n) is 8.77. The summed E-state index contributed by atoms with van der Waals surface area (Å²) in [6.07, 6.45) is 0. The summed E-state index contributed by atoms with van der Waals surface area (Å²) in [7, 11) is 0. The van der Waals surface area contributed by atoms with Gasteiger partial charge in [0.25, 0.3) is 11.8 Å². The molecule has 0 saturated carbocycles. The number of halogens is 1. The zero-order chi connectivity index (χ0) is 22.3. The predicted molar refractivity (Wildman–Crippen MR) is 124 cm³/mol. The number of carboxylic acids is 1. The number of aromatic carboxylic acids is 1. The fourth-order valence-corrected chi connectivity index (χ4v) is 4.67. The Morgan fingerprint density at radius 2 is 1.87 bits per heavy atom. The summed E-state index contributed by atoms with van der Waals surface area (Å²) in [4.78, 5) is 50.5. The van der Waals surface area contributed by atoms with Crippen molar-refractivity contribution in [3.63, 3.8) is 0 Å². The summed E-state index contributed by atoms with van der Waals surface area (Å²) in [5.74, 6) is -2.48. The van der Waals surface area contributed by atoms with E-state index >= 15 is 0 Å². The summed E-state index contributed by atoms with van der Waals surface area (Å²) < 4.78 is 0.978. The number of fused-ring (bicyclic) bond motifs is 1. The van der Waals surface area contributed by atoms with E-state index in [1.807, 2.05) is 0 Å². The number of hydrogen-bond donors (Lipinski definition) is 3. The van der Waals surface area contributed by atoms with Crippen molar-refractivity contribution in [1.29, 1.82) is 0 Å². The van der Waals surface area contributed by atoms with Crippen LogP contribution in [-0.2, 0) is 14.4 Å². The minimum Gasteiger partial charge on any atom is -0.478 e. The normalized spacial score (nSPS) is 17.6. The number of nitrogens with zero attached hydrogens (tertiary/aromatic N) is 1. The van der Waals surface area contributed by atoms with Crippen molar-refractivity contribution in [2.24, 2.45) is 0 Å². The van der Waals surface area contributed by atoms with Gasteiger partial charge in [0.15, 0.2) is 0 Å². The molecular weight excluding hydrogens is 506 g/mol. The Morgan fingerprint density at radius 1 is 1.16 bits per heavy atom. The fraction of sp³-hybridized carbons (Fsp3) is 0.0500. The zero-order valence-electron chi connectivity index (χ0n) is 15.5. The number of carbonyl (C=O) groups excluding carboxylic acids is 3. The van der Waals surface area contributed by atoms with Gasteiger partial charge in [-0.25, -0.2) is 4.79 Å². The van der Waals surface area contributed by atoms with Gasteiger partial charge < -0.3 is 15.7 Å². The van der Waals surface area contributed by atoms with E-state index in [0.29, 0.717) is 21.4 Å². The highest BCUT2D eigenvalue weighted by Gasteiger charge is 2.39. The van der Waals surface area contributed by atoms with E-state index in [4.69, 9.17) is 17.3 Å². The molecule has 0 radical (unpaired) electrons.